The molecule has 3 heteroatoms. The Balaban J connectivity index is 2.19. The van der Waals surface area contributed by atoms with Gasteiger partial charge in [-0.25, -0.2) is 0 Å². The van der Waals surface area contributed by atoms with Crippen molar-refractivity contribution in [2.75, 3.05) is 6.61 Å². The molecule has 0 aliphatic carbocycles. The first-order valence-electron chi connectivity index (χ1n) is 5.21. The summed E-state index contributed by atoms with van der Waals surface area (Å²) in [5.74, 6) is 0. The predicted octanol–water partition coefficient (Wildman–Crippen LogP) is 1.87. The Morgan fingerprint density at radius 1 is 1.47 bits per heavy atom. The van der Waals surface area contributed by atoms with E-state index in [0.29, 0.717) is 0 Å². The number of rotatable bonds is 2. The molecule has 1 aliphatic heterocycles. The van der Waals surface area contributed by atoms with E-state index in [4.69, 9.17) is 9.94 Å². The molecular formula is C12H15NO2. The first-order chi connectivity index (χ1) is 7.31. The molecule has 1 unspecified atom stereocenters. The van der Waals surface area contributed by atoms with Gasteiger partial charge in [0, 0.05) is 5.56 Å². The van der Waals surface area contributed by atoms with E-state index in [1.54, 1.807) is 0 Å². The highest BCUT2D eigenvalue weighted by Gasteiger charge is 2.18. The molecule has 0 spiro atoms. The van der Waals surface area contributed by atoms with Crippen molar-refractivity contribution in [3.05, 3.63) is 35.4 Å². The van der Waals surface area contributed by atoms with Crippen LogP contribution in [0.2, 0.25) is 0 Å². The summed E-state index contributed by atoms with van der Waals surface area (Å²) >= 11 is 0. The van der Waals surface area contributed by atoms with Gasteiger partial charge in [0.15, 0.2) is 6.10 Å². The minimum absolute atomic E-state index is 0.0462. The molecule has 1 atom stereocenters. The van der Waals surface area contributed by atoms with Crippen LogP contribution in [-0.4, -0.2) is 23.5 Å². The van der Waals surface area contributed by atoms with Gasteiger partial charge in [0.05, 0.1) is 12.3 Å². The van der Waals surface area contributed by atoms with Crippen molar-refractivity contribution in [1.82, 2.24) is 0 Å². The van der Waals surface area contributed by atoms with Crippen LogP contribution in [-0.2, 0) is 4.84 Å². The molecule has 1 aliphatic rings. The van der Waals surface area contributed by atoms with Crippen molar-refractivity contribution in [3.8, 4) is 0 Å². The molecule has 0 aromatic heterocycles. The number of aliphatic hydroxyl groups excluding tert-OH is 1. The highest BCUT2D eigenvalue weighted by molar-refractivity contribution is 6.01. The minimum atomic E-state index is -0.127. The first kappa shape index (κ1) is 10.2. The van der Waals surface area contributed by atoms with Crippen LogP contribution in [0.15, 0.2) is 29.4 Å². The zero-order valence-electron chi connectivity index (χ0n) is 8.81. The molecule has 1 heterocycles. The van der Waals surface area contributed by atoms with Crippen molar-refractivity contribution >= 4 is 5.71 Å². The van der Waals surface area contributed by atoms with Crippen LogP contribution in [0.5, 0.6) is 0 Å². The molecule has 0 saturated heterocycles. The fourth-order valence-electron chi connectivity index (χ4n) is 1.74. The van der Waals surface area contributed by atoms with E-state index in [1.165, 1.54) is 5.56 Å². The van der Waals surface area contributed by atoms with Crippen molar-refractivity contribution < 1.29 is 9.94 Å². The van der Waals surface area contributed by atoms with Gasteiger partial charge in [0.25, 0.3) is 0 Å². The molecule has 80 valence electrons. The van der Waals surface area contributed by atoms with Gasteiger partial charge in [-0.05, 0) is 25.3 Å². The summed E-state index contributed by atoms with van der Waals surface area (Å²) in [7, 11) is 0. The van der Waals surface area contributed by atoms with E-state index in [9.17, 15) is 0 Å². The second kappa shape index (κ2) is 4.45. The Labute approximate surface area is 89.4 Å². The normalized spacial score (nSPS) is 20.7. The van der Waals surface area contributed by atoms with Gasteiger partial charge >= 0.3 is 0 Å². The number of benzene rings is 1. The zero-order chi connectivity index (χ0) is 10.7. The maximum Gasteiger partial charge on any atom is 0.150 e. The fourth-order valence-corrected chi connectivity index (χ4v) is 1.74. The minimum Gasteiger partial charge on any atom is -0.392 e. The third-order valence-electron chi connectivity index (χ3n) is 2.67. The molecule has 1 aromatic rings. The van der Waals surface area contributed by atoms with Crippen LogP contribution in [0, 0.1) is 6.92 Å². The maximum atomic E-state index is 8.91. The molecule has 15 heavy (non-hydrogen) atoms. The molecule has 3 nitrogen and oxygen atoms in total. The monoisotopic (exact) mass is 205 g/mol. The quantitative estimate of drug-likeness (QED) is 0.800. The third-order valence-corrected chi connectivity index (χ3v) is 2.67. The fraction of sp³-hybridized carbons (Fsp3) is 0.417. The maximum absolute atomic E-state index is 8.91. The van der Waals surface area contributed by atoms with Crippen LogP contribution < -0.4 is 0 Å². The lowest BCUT2D eigenvalue weighted by Crippen LogP contribution is -2.22. The van der Waals surface area contributed by atoms with Gasteiger partial charge < -0.3 is 9.94 Å². The Kier molecular flexibility index (Phi) is 3.02. The van der Waals surface area contributed by atoms with Crippen LogP contribution in [0.1, 0.15) is 24.0 Å². The average molecular weight is 205 g/mol. The number of aryl methyl sites for hydroxylation is 1. The summed E-state index contributed by atoms with van der Waals surface area (Å²) in [5.41, 5.74) is 3.34. The van der Waals surface area contributed by atoms with Gasteiger partial charge in [0.1, 0.15) is 0 Å². The van der Waals surface area contributed by atoms with E-state index >= 15 is 0 Å². The molecule has 1 aromatic carbocycles. The lowest BCUT2D eigenvalue weighted by molar-refractivity contribution is 0.00453. The van der Waals surface area contributed by atoms with Crippen molar-refractivity contribution in [1.29, 1.82) is 0 Å². The molecular weight excluding hydrogens is 190 g/mol. The summed E-state index contributed by atoms with van der Waals surface area (Å²) in [6.07, 6.45) is 1.58. The van der Waals surface area contributed by atoms with Gasteiger partial charge in [-0.15, -0.1) is 0 Å². The molecule has 0 saturated carbocycles. The van der Waals surface area contributed by atoms with E-state index in [0.717, 1.165) is 24.1 Å². The largest absolute Gasteiger partial charge is 0.392 e. The molecule has 0 fully saturated rings. The SMILES string of the molecule is Cc1ccccc1C1=NOC(CO)CC1. The number of oxime groups is 1. The summed E-state index contributed by atoms with van der Waals surface area (Å²) in [5, 5.41) is 13.0. The first-order valence-corrected chi connectivity index (χ1v) is 5.21. The second-order valence-corrected chi connectivity index (χ2v) is 3.80. The average Bonchev–Trinajstić information content (AvgIpc) is 2.30. The van der Waals surface area contributed by atoms with Crippen molar-refractivity contribution in [2.24, 2.45) is 5.16 Å². The Morgan fingerprint density at radius 2 is 2.27 bits per heavy atom. The zero-order valence-corrected chi connectivity index (χ0v) is 8.81. The van der Waals surface area contributed by atoms with Crippen LogP contribution in [0.3, 0.4) is 0 Å². The number of aliphatic hydroxyl groups is 1. The van der Waals surface area contributed by atoms with Gasteiger partial charge in [-0.2, -0.15) is 0 Å². The van der Waals surface area contributed by atoms with E-state index in [1.807, 2.05) is 12.1 Å². The van der Waals surface area contributed by atoms with E-state index in [2.05, 4.69) is 24.2 Å². The highest BCUT2D eigenvalue weighted by atomic mass is 16.6. The van der Waals surface area contributed by atoms with Gasteiger partial charge in [0.2, 0.25) is 0 Å². The Hall–Kier alpha value is -1.35. The lowest BCUT2D eigenvalue weighted by Gasteiger charge is -2.20. The topological polar surface area (TPSA) is 41.8 Å². The van der Waals surface area contributed by atoms with Crippen molar-refractivity contribution in [3.63, 3.8) is 0 Å². The van der Waals surface area contributed by atoms with E-state index in [-0.39, 0.29) is 12.7 Å². The van der Waals surface area contributed by atoms with Gasteiger partial charge in [-0.1, -0.05) is 29.4 Å². The predicted molar refractivity (Wildman–Crippen MR) is 58.9 cm³/mol. The number of hydrogen-bond acceptors (Lipinski definition) is 3. The molecule has 0 bridgehead atoms. The lowest BCUT2D eigenvalue weighted by atomic mass is 9.99. The summed E-state index contributed by atoms with van der Waals surface area (Å²) in [4.78, 5) is 5.19. The molecule has 2 rings (SSSR count). The standard InChI is InChI=1S/C12H15NO2/c1-9-4-2-3-5-11(9)12-7-6-10(8-14)15-13-12/h2-5,10,14H,6-8H2,1H3. The second-order valence-electron chi connectivity index (χ2n) is 3.80. The Bertz CT molecular complexity index is 374. The van der Waals surface area contributed by atoms with Crippen LogP contribution >= 0.6 is 0 Å². The van der Waals surface area contributed by atoms with Crippen LogP contribution in [0.4, 0.5) is 0 Å². The summed E-state index contributed by atoms with van der Waals surface area (Å²) in [6.45, 7) is 2.11. The number of hydrogen-bond donors (Lipinski definition) is 1. The van der Waals surface area contributed by atoms with Crippen molar-refractivity contribution in [2.45, 2.75) is 25.9 Å². The third kappa shape index (κ3) is 2.18. The molecule has 0 radical (unpaired) electrons. The highest BCUT2D eigenvalue weighted by Crippen LogP contribution is 2.18. The van der Waals surface area contributed by atoms with Crippen LogP contribution in [0.25, 0.3) is 0 Å². The Morgan fingerprint density at radius 3 is 2.87 bits per heavy atom. The summed E-state index contributed by atoms with van der Waals surface area (Å²) < 4.78 is 0. The smallest absolute Gasteiger partial charge is 0.150 e. The molecule has 1 N–H and O–H groups in total. The number of nitrogens with zero attached hydrogens (tertiary/aromatic N) is 1. The summed E-state index contributed by atoms with van der Waals surface area (Å²) in [6, 6.07) is 8.13. The molecule has 0 amide bonds. The van der Waals surface area contributed by atoms with E-state index < -0.39 is 0 Å². The van der Waals surface area contributed by atoms with Gasteiger partial charge in [-0.3, -0.25) is 0 Å².